The Hall–Kier alpha value is -2.49. The lowest BCUT2D eigenvalue weighted by Gasteiger charge is -2.24. The van der Waals surface area contributed by atoms with Gasteiger partial charge >= 0.3 is 0 Å². The molecular weight excluding hydrogens is 462 g/mol. The normalized spacial score (nSPS) is 16.8. The number of hydrogen-bond donors (Lipinski definition) is 1. The Bertz CT molecular complexity index is 1410. The van der Waals surface area contributed by atoms with Crippen molar-refractivity contribution in [1.82, 2.24) is 19.9 Å². The molecular formula is C24H24F2N4OS2. The Morgan fingerprint density at radius 2 is 2.12 bits per heavy atom. The van der Waals surface area contributed by atoms with Crippen molar-refractivity contribution in [3.63, 3.8) is 0 Å². The summed E-state index contributed by atoms with van der Waals surface area (Å²) in [5.74, 6) is -1.02. The number of hydrogen-bond acceptors (Lipinski definition) is 6. The molecule has 0 fully saturated rings. The summed E-state index contributed by atoms with van der Waals surface area (Å²) in [7, 11) is 0. The van der Waals surface area contributed by atoms with Crippen LogP contribution in [0.15, 0.2) is 28.6 Å². The predicted octanol–water partition coefficient (Wildman–Crippen LogP) is 5.07. The second-order valence-electron chi connectivity index (χ2n) is 8.59. The van der Waals surface area contributed by atoms with Crippen molar-refractivity contribution in [1.29, 1.82) is 0 Å². The minimum absolute atomic E-state index is 0.0361. The Morgan fingerprint density at radius 1 is 1.30 bits per heavy atom. The van der Waals surface area contributed by atoms with Crippen LogP contribution in [0.2, 0.25) is 0 Å². The summed E-state index contributed by atoms with van der Waals surface area (Å²) in [4.78, 5) is 24.4. The van der Waals surface area contributed by atoms with Crippen LogP contribution in [0.1, 0.15) is 51.7 Å². The van der Waals surface area contributed by atoms with Gasteiger partial charge in [0.25, 0.3) is 5.56 Å². The van der Waals surface area contributed by atoms with E-state index in [0.717, 1.165) is 38.8 Å². The molecule has 4 aromatic rings. The van der Waals surface area contributed by atoms with Gasteiger partial charge in [-0.2, -0.15) is 0 Å². The van der Waals surface area contributed by atoms with Crippen molar-refractivity contribution in [2.24, 2.45) is 0 Å². The predicted molar refractivity (Wildman–Crippen MR) is 128 cm³/mol. The smallest absolute Gasteiger partial charge is 0.262 e. The van der Waals surface area contributed by atoms with Crippen molar-refractivity contribution in [2.45, 2.75) is 58.7 Å². The zero-order valence-electron chi connectivity index (χ0n) is 18.6. The van der Waals surface area contributed by atoms with E-state index in [0.29, 0.717) is 17.4 Å². The van der Waals surface area contributed by atoms with Gasteiger partial charge in [-0.15, -0.1) is 22.7 Å². The van der Waals surface area contributed by atoms with Crippen LogP contribution in [0.3, 0.4) is 0 Å². The van der Waals surface area contributed by atoms with E-state index in [9.17, 15) is 13.6 Å². The van der Waals surface area contributed by atoms with Crippen molar-refractivity contribution in [3.8, 4) is 0 Å². The highest BCUT2D eigenvalue weighted by atomic mass is 32.1. The minimum Gasteiger partial charge on any atom is -0.309 e. The van der Waals surface area contributed by atoms with Gasteiger partial charge in [-0.25, -0.2) is 18.7 Å². The summed E-state index contributed by atoms with van der Waals surface area (Å²) in [5.41, 5.74) is 2.41. The molecule has 1 N–H and O–H groups in total. The van der Waals surface area contributed by atoms with Crippen LogP contribution in [-0.4, -0.2) is 20.6 Å². The van der Waals surface area contributed by atoms with E-state index in [1.807, 2.05) is 19.2 Å². The molecule has 172 valence electrons. The zero-order valence-corrected chi connectivity index (χ0v) is 20.2. The average molecular weight is 487 g/mol. The van der Waals surface area contributed by atoms with E-state index in [1.165, 1.54) is 12.1 Å². The molecule has 0 aliphatic heterocycles. The molecule has 0 radical (unpaired) electrons. The molecule has 0 bridgehead atoms. The molecule has 0 saturated heterocycles. The zero-order chi connectivity index (χ0) is 23.3. The topological polar surface area (TPSA) is 59.8 Å². The fraction of sp³-hybridized carbons (Fsp3) is 0.375. The Labute approximate surface area is 198 Å². The lowest BCUT2D eigenvalue weighted by atomic mass is 9.93. The first kappa shape index (κ1) is 22.3. The van der Waals surface area contributed by atoms with Gasteiger partial charge < -0.3 is 5.32 Å². The van der Waals surface area contributed by atoms with Gasteiger partial charge in [-0.05, 0) is 57.2 Å². The molecule has 5 rings (SSSR count). The molecule has 1 aliphatic carbocycles. The molecule has 0 amide bonds. The molecule has 33 heavy (non-hydrogen) atoms. The third kappa shape index (κ3) is 4.02. The van der Waals surface area contributed by atoms with Gasteiger partial charge in [-0.1, -0.05) is 6.07 Å². The van der Waals surface area contributed by atoms with E-state index in [2.05, 4.69) is 15.3 Å². The number of rotatable bonds is 5. The molecule has 3 heterocycles. The first-order valence-electron chi connectivity index (χ1n) is 10.9. The highest BCUT2D eigenvalue weighted by molar-refractivity contribution is 7.18. The summed E-state index contributed by atoms with van der Waals surface area (Å²) in [6.45, 7) is 5.69. The lowest BCUT2D eigenvalue weighted by Crippen LogP contribution is -2.34. The molecule has 9 heteroatoms. The lowest BCUT2D eigenvalue weighted by molar-refractivity contribution is 0.444. The molecule has 1 aromatic carbocycles. The first-order chi connectivity index (χ1) is 15.8. The van der Waals surface area contributed by atoms with Crippen LogP contribution < -0.4 is 10.9 Å². The molecule has 2 unspecified atom stereocenters. The monoisotopic (exact) mass is 486 g/mol. The second-order valence-corrected chi connectivity index (χ2v) is 10.7. The van der Waals surface area contributed by atoms with Gasteiger partial charge in [0, 0.05) is 28.4 Å². The number of nitrogens with one attached hydrogen (secondary N) is 1. The number of aryl methyl sites for hydroxylation is 3. The van der Waals surface area contributed by atoms with Crippen LogP contribution in [0.5, 0.6) is 0 Å². The van der Waals surface area contributed by atoms with Gasteiger partial charge in [0.05, 0.1) is 28.5 Å². The number of halogens is 2. The van der Waals surface area contributed by atoms with Crippen LogP contribution in [0, 0.1) is 25.5 Å². The van der Waals surface area contributed by atoms with Crippen LogP contribution in [0.4, 0.5) is 8.78 Å². The van der Waals surface area contributed by atoms with E-state index in [1.54, 1.807) is 40.5 Å². The van der Waals surface area contributed by atoms with Crippen LogP contribution in [0.25, 0.3) is 10.2 Å². The molecule has 0 saturated carbocycles. The maximum Gasteiger partial charge on any atom is 0.262 e. The summed E-state index contributed by atoms with van der Waals surface area (Å²) in [6.07, 6.45) is 3.86. The minimum atomic E-state index is -0.530. The number of thiophene rings is 1. The second kappa shape index (κ2) is 8.70. The van der Waals surface area contributed by atoms with Gasteiger partial charge in [0.2, 0.25) is 0 Å². The summed E-state index contributed by atoms with van der Waals surface area (Å²) in [6, 6.07) is 2.66. The van der Waals surface area contributed by atoms with Gasteiger partial charge in [-0.3, -0.25) is 9.36 Å². The summed E-state index contributed by atoms with van der Waals surface area (Å²) < 4.78 is 30.1. The van der Waals surface area contributed by atoms with E-state index >= 15 is 0 Å². The van der Waals surface area contributed by atoms with Crippen molar-refractivity contribution < 1.29 is 8.78 Å². The fourth-order valence-corrected chi connectivity index (χ4v) is 6.42. The van der Waals surface area contributed by atoms with Crippen LogP contribution in [-0.2, 0) is 19.4 Å². The van der Waals surface area contributed by atoms with Crippen molar-refractivity contribution >= 4 is 32.9 Å². The molecule has 3 aromatic heterocycles. The fourth-order valence-electron chi connectivity index (χ4n) is 4.47. The van der Waals surface area contributed by atoms with Crippen molar-refractivity contribution in [2.75, 3.05) is 0 Å². The number of aromatic nitrogens is 3. The maximum atomic E-state index is 14.3. The molecule has 2 atom stereocenters. The highest BCUT2D eigenvalue weighted by Crippen LogP contribution is 2.34. The maximum absolute atomic E-state index is 14.3. The van der Waals surface area contributed by atoms with Crippen molar-refractivity contribution in [3.05, 3.63) is 78.1 Å². The van der Waals surface area contributed by atoms with Gasteiger partial charge in [0.1, 0.15) is 16.5 Å². The molecule has 1 aliphatic rings. The largest absolute Gasteiger partial charge is 0.309 e. The Morgan fingerprint density at radius 3 is 2.88 bits per heavy atom. The highest BCUT2D eigenvalue weighted by Gasteiger charge is 2.26. The summed E-state index contributed by atoms with van der Waals surface area (Å²) >= 11 is 3.11. The van der Waals surface area contributed by atoms with E-state index in [-0.39, 0.29) is 29.8 Å². The van der Waals surface area contributed by atoms with Gasteiger partial charge in [0.15, 0.2) is 0 Å². The molecule has 5 nitrogen and oxygen atoms in total. The SMILES string of the molecule is Cc1nc(C(C)n2cnc3sc4c(c3c2=O)CCC(NCc2c(F)ccc(C)c2F)C4)cs1. The first-order valence-corrected chi connectivity index (χ1v) is 12.6. The average Bonchev–Trinajstić information content (AvgIpc) is 3.39. The third-order valence-electron chi connectivity index (χ3n) is 6.42. The standard InChI is InChI=1S/C24H24F2N4OS2/c1-12-4-7-18(25)17(22(12)26)9-27-15-5-6-16-20(8-15)33-23-21(16)24(31)30(11-28-23)13(2)19-10-32-14(3)29-19/h4,7,10-11,13,15,27H,5-6,8-9H2,1-3H3. The van der Waals surface area contributed by atoms with E-state index in [4.69, 9.17) is 0 Å². The van der Waals surface area contributed by atoms with Crippen LogP contribution >= 0.6 is 22.7 Å². The third-order valence-corrected chi connectivity index (χ3v) is 8.38. The van der Waals surface area contributed by atoms with E-state index < -0.39 is 11.6 Å². The quantitative estimate of drug-likeness (QED) is 0.428. The number of benzene rings is 1. The number of nitrogens with zero attached hydrogens (tertiary/aromatic N) is 3. The molecule has 0 spiro atoms. The number of thiazole rings is 1. The Kier molecular flexibility index (Phi) is 5.88. The Balaban J connectivity index is 1.39. The summed E-state index contributed by atoms with van der Waals surface area (Å²) in [5, 5.41) is 6.97. The number of fused-ring (bicyclic) bond motifs is 3.